The molecular weight excluding hydrogens is 287 g/mol. The van der Waals surface area contributed by atoms with Gasteiger partial charge < -0.3 is 5.32 Å². The van der Waals surface area contributed by atoms with E-state index in [2.05, 4.69) is 17.1 Å². The predicted molar refractivity (Wildman–Crippen MR) is 81.1 cm³/mol. The molecule has 1 aromatic carbocycles. The van der Waals surface area contributed by atoms with Crippen molar-refractivity contribution in [1.29, 1.82) is 0 Å². The zero-order chi connectivity index (χ0) is 13.0. The number of halogens is 2. The molecule has 2 nitrogen and oxygen atoms in total. The first-order valence-corrected chi connectivity index (χ1v) is 7.93. The average molecular weight is 305 g/mol. The summed E-state index contributed by atoms with van der Waals surface area (Å²) in [5.74, 6) is 1.05. The molecule has 1 fully saturated rings. The second kappa shape index (κ2) is 7.01. The van der Waals surface area contributed by atoms with E-state index < -0.39 is 0 Å². The maximum atomic E-state index is 6.14. The summed E-state index contributed by atoms with van der Waals surface area (Å²) in [6.07, 6.45) is 0. The minimum atomic E-state index is 0.596. The lowest BCUT2D eigenvalue weighted by atomic mass is 10.2. The van der Waals surface area contributed by atoms with Gasteiger partial charge in [-0.3, -0.25) is 4.90 Å². The van der Waals surface area contributed by atoms with E-state index in [9.17, 15) is 0 Å². The summed E-state index contributed by atoms with van der Waals surface area (Å²) in [7, 11) is 0. The van der Waals surface area contributed by atoms with E-state index in [1.165, 1.54) is 0 Å². The molecule has 2 rings (SSSR count). The van der Waals surface area contributed by atoms with Gasteiger partial charge in [-0.25, -0.2) is 0 Å². The third-order valence-corrected chi connectivity index (χ3v) is 4.72. The summed E-state index contributed by atoms with van der Waals surface area (Å²) in [5, 5.41) is 4.99. The highest BCUT2D eigenvalue weighted by molar-refractivity contribution is 7.99. The van der Waals surface area contributed by atoms with E-state index in [0.29, 0.717) is 6.04 Å². The van der Waals surface area contributed by atoms with E-state index >= 15 is 0 Å². The molecule has 0 aromatic heterocycles. The van der Waals surface area contributed by atoms with Crippen molar-refractivity contribution in [3.05, 3.63) is 28.2 Å². The second-order valence-electron chi connectivity index (χ2n) is 4.58. The predicted octanol–water partition coefficient (Wildman–Crippen LogP) is 3.38. The Morgan fingerprint density at radius 1 is 1.44 bits per heavy atom. The Balaban J connectivity index is 1.79. The van der Waals surface area contributed by atoms with Gasteiger partial charge in [-0.05, 0) is 25.1 Å². The van der Waals surface area contributed by atoms with E-state index in [0.717, 1.165) is 46.9 Å². The van der Waals surface area contributed by atoms with Crippen molar-refractivity contribution < 1.29 is 0 Å². The summed E-state index contributed by atoms with van der Waals surface area (Å²) < 4.78 is 0. The number of nitrogens with one attached hydrogen (secondary N) is 1. The van der Waals surface area contributed by atoms with Gasteiger partial charge in [0.25, 0.3) is 0 Å². The van der Waals surface area contributed by atoms with E-state index in [1.54, 1.807) is 11.8 Å². The van der Waals surface area contributed by atoms with Crippen LogP contribution in [-0.2, 0) is 0 Å². The minimum absolute atomic E-state index is 0.596. The molecule has 1 saturated heterocycles. The summed E-state index contributed by atoms with van der Waals surface area (Å²) in [4.78, 5) is 3.57. The zero-order valence-corrected chi connectivity index (χ0v) is 12.8. The lowest BCUT2D eigenvalue weighted by Gasteiger charge is -2.31. The molecule has 1 N–H and O–H groups in total. The molecule has 0 bridgehead atoms. The number of hydrogen-bond donors (Lipinski definition) is 1. The van der Waals surface area contributed by atoms with Crippen LogP contribution in [0.3, 0.4) is 0 Å². The third kappa shape index (κ3) is 4.32. The Hall–Kier alpha value is 0.0700. The number of piperazine rings is 1. The molecule has 0 radical (unpaired) electrons. The van der Waals surface area contributed by atoms with Crippen LogP contribution < -0.4 is 5.32 Å². The fourth-order valence-corrected chi connectivity index (χ4v) is 3.59. The molecule has 1 atom stereocenters. The molecule has 1 aromatic rings. The molecule has 5 heteroatoms. The fraction of sp³-hybridized carbons (Fsp3) is 0.538. The van der Waals surface area contributed by atoms with Crippen molar-refractivity contribution in [3.8, 4) is 0 Å². The number of thioether (sulfide) groups is 1. The van der Waals surface area contributed by atoms with Crippen molar-refractivity contribution in [2.24, 2.45) is 0 Å². The third-order valence-electron chi connectivity index (χ3n) is 3.01. The maximum Gasteiger partial charge on any atom is 0.0542 e. The first kappa shape index (κ1) is 14.5. The molecule has 0 saturated carbocycles. The monoisotopic (exact) mass is 304 g/mol. The first-order chi connectivity index (χ1) is 8.65. The van der Waals surface area contributed by atoms with Crippen LogP contribution >= 0.6 is 35.0 Å². The highest BCUT2D eigenvalue weighted by Crippen LogP contribution is 2.29. The van der Waals surface area contributed by atoms with Crippen molar-refractivity contribution >= 4 is 35.0 Å². The average Bonchev–Trinajstić information content (AvgIpc) is 2.34. The lowest BCUT2D eigenvalue weighted by molar-refractivity contribution is 0.218. The molecular formula is C13H18Cl2N2S. The molecule has 1 aliphatic heterocycles. The quantitative estimate of drug-likeness (QED) is 0.859. The summed E-state index contributed by atoms with van der Waals surface area (Å²) in [5.41, 5.74) is 0. The highest BCUT2D eigenvalue weighted by Gasteiger charge is 2.14. The van der Waals surface area contributed by atoms with Gasteiger partial charge in [-0.2, -0.15) is 0 Å². The van der Waals surface area contributed by atoms with Crippen molar-refractivity contribution in [3.63, 3.8) is 0 Å². The van der Waals surface area contributed by atoms with Crippen molar-refractivity contribution in [2.75, 3.05) is 31.9 Å². The van der Waals surface area contributed by atoms with Gasteiger partial charge in [0, 0.05) is 47.9 Å². The Morgan fingerprint density at radius 2 is 2.28 bits per heavy atom. The standard InChI is InChI=1S/C13H18Cl2N2S/c1-10-9-17(5-4-16-10)6-7-18-13-8-11(14)2-3-12(13)15/h2-3,8,10,16H,4-7,9H2,1H3. The Kier molecular flexibility index (Phi) is 5.64. The molecule has 0 amide bonds. The molecule has 18 heavy (non-hydrogen) atoms. The van der Waals surface area contributed by atoms with Gasteiger partial charge in [-0.1, -0.05) is 23.2 Å². The Bertz CT molecular complexity index is 401. The molecule has 1 heterocycles. The number of rotatable bonds is 4. The molecule has 1 aliphatic rings. The van der Waals surface area contributed by atoms with Gasteiger partial charge >= 0.3 is 0 Å². The highest BCUT2D eigenvalue weighted by atomic mass is 35.5. The maximum absolute atomic E-state index is 6.14. The van der Waals surface area contributed by atoms with Crippen molar-refractivity contribution in [2.45, 2.75) is 17.9 Å². The summed E-state index contributed by atoms with van der Waals surface area (Å²) in [6.45, 7) is 6.68. The summed E-state index contributed by atoms with van der Waals surface area (Å²) in [6, 6.07) is 6.22. The normalized spacial score (nSPS) is 21.2. The van der Waals surface area contributed by atoms with E-state index in [4.69, 9.17) is 23.2 Å². The van der Waals surface area contributed by atoms with Crippen molar-refractivity contribution in [1.82, 2.24) is 10.2 Å². The SMILES string of the molecule is CC1CN(CCSc2cc(Cl)ccc2Cl)CCN1. The van der Waals surface area contributed by atoms with Crippen LogP contribution in [0.25, 0.3) is 0 Å². The van der Waals surface area contributed by atoms with Crippen LogP contribution in [0.1, 0.15) is 6.92 Å². The largest absolute Gasteiger partial charge is 0.312 e. The molecule has 0 aliphatic carbocycles. The smallest absolute Gasteiger partial charge is 0.0542 e. The molecule has 0 spiro atoms. The minimum Gasteiger partial charge on any atom is -0.312 e. The van der Waals surface area contributed by atoms with Crippen LogP contribution in [0.4, 0.5) is 0 Å². The van der Waals surface area contributed by atoms with Gasteiger partial charge in [0.15, 0.2) is 0 Å². The Morgan fingerprint density at radius 3 is 3.06 bits per heavy atom. The van der Waals surface area contributed by atoms with Crippen LogP contribution in [0.2, 0.25) is 10.0 Å². The topological polar surface area (TPSA) is 15.3 Å². The first-order valence-electron chi connectivity index (χ1n) is 6.19. The van der Waals surface area contributed by atoms with Gasteiger partial charge in [0.2, 0.25) is 0 Å². The lowest BCUT2D eigenvalue weighted by Crippen LogP contribution is -2.49. The van der Waals surface area contributed by atoms with Crippen LogP contribution in [0, 0.1) is 0 Å². The molecule has 100 valence electrons. The zero-order valence-electron chi connectivity index (χ0n) is 10.5. The number of benzene rings is 1. The summed E-state index contributed by atoms with van der Waals surface area (Å²) >= 11 is 13.9. The van der Waals surface area contributed by atoms with Crippen LogP contribution in [-0.4, -0.2) is 42.9 Å². The van der Waals surface area contributed by atoms with Gasteiger partial charge in [0.1, 0.15) is 0 Å². The molecule has 1 unspecified atom stereocenters. The van der Waals surface area contributed by atoms with E-state index in [-0.39, 0.29) is 0 Å². The Labute approximate surface area is 123 Å². The van der Waals surface area contributed by atoms with Crippen LogP contribution in [0.5, 0.6) is 0 Å². The van der Waals surface area contributed by atoms with Crippen LogP contribution in [0.15, 0.2) is 23.1 Å². The number of hydrogen-bond acceptors (Lipinski definition) is 3. The fourth-order valence-electron chi connectivity index (χ4n) is 2.09. The van der Waals surface area contributed by atoms with Gasteiger partial charge in [-0.15, -0.1) is 11.8 Å². The second-order valence-corrected chi connectivity index (χ2v) is 6.56. The number of nitrogens with zero attached hydrogens (tertiary/aromatic N) is 1. The van der Waals surface area contributed by atoms with E-state index in [1.807, 2.05) is 18.2 Å². The van der Waals surface area contributed by atoms with Gasteiger partial charge in [0.05, 0.1) is 5.02 Å².